The molecule has 242 valence electrons. The van der Waals surface area contributed by atoms with Gasteiger partial charge < -0.3 is 24.1 Å². The number of aliphatic carboxylic acids is 1. The molecule has 0 saturated carbocycles. The maximum absolute atomic E-state index is 13.8. The van der Waals surface area contributed by atoms with Crippen LogP contribution in [0.25, 0.3) is 11.6 Å². The number of carboxylic acid groups (broad SMARTS) is 1. The van der Waals surface area contributed by atoms with Gasteiger partial charge in [0.2, 0.25) is 5.82 Å². The van der Waals surface area contributed by atoms with E-state index in [1.54, 1.807) is 60.7 Å². The van der Waals surface area contributed by atoms with E-state index in [0.29, 0.717) is 0 Å². The number of carboxylic acids is 1. The summed E-state index contributed by atoms with van der Waals surface area (Å²) in [6.07, 6.45) is 1.13. The van der Waals surface area contributed by atoms with E-state index in [2.05, 4.69) is 19.7 Å². The third kappa shape index (κ3) is 7.42. The van der Waals surface area contributed by atoms with Gasteiger partial charge in [-0.25, -0.2) is 23.1 Å². The monoisotopic (exact) mass is 675 g/mol. The van der Waals surface area contributed by atoms with E-state index in [-0.39, 0.29) is 44.8 Å². The molecule has 14 heteroatoms. The molecule has 2 aromatic heterocycles. The number of sulfonamides is 1. The van der Waals surface area contributed by atoms with Crippen molar-refractivity contribution in [3.63, 3.8) is 0 Å². The third-order valence-electron chi connectivity index (χ3n) is 6.85. The van der Waals surface area contributed by atoms with E-state index in [4.69, 9.17) is 26.0 Å². The number of methoxy groups -OCH3 is 1. The third-order valence-corrected chi connectivity index (χ3v) is 8.51. The van der Waals surface area contributed by atoms with Gasteiger partial charge in [0, 0.05) is 12.4 Å². The molecular formula is C33H30ClN5O7S. The number of benzene rings is 3. The average Bonchev–Trinajstić information content (AvgIpc) is 3.06. The molecule has 0 saturated heterocycles. The summed E-state index contributed by atoms with van der Waals surface area (Å²) in [6.45, 7) is 6.03. The van der Waals surface area contributed by atoms with Gasteiger partial charge in [0.1, 0.15) is 11.8 Å². The first-order valence-corrected chi connectivity index (χ1v) is 16.0. The lowest BCUT2D eigenvalue weighted by Crippen LogP contribution is -2.37. The standard InChI is InChI=1S/C33H30ClN5O7S/c1-33(2,3)22-15-17-23(18-16-22)47(42,43)38-28-27(45-25-14-9-8-13-24(25)44-4)31(39(34)30(37-28)29-35-19-10-20-36-29)46-26(32(40)41)21-11-6-5-7-12-21/h5-20,26H,1-4H3,(H,40,41). The average molecular weight is 676 g/mol. The molecule has 5 aromatic rings. The molecule has 0 bridgehead atoms. The van der Waals surface area contributed by atoms with Gasteiger partial charge in [-0.15, -0.1) is 0 Å². The number of nitrogens with zero attached hydrogens (tertiary/aromatic N) is 4. The lowest BCUT2D eigenvalue weighted by atomic mass is 9.87. The zero-order chi connectivity index (χ0) is 33.8. The highest BCUT2D eigenvalue weighted by molar-refractivity contribution is 7.92. The first-order valence-electron chi connectivity index (χ1n) is 14.2. The van der Waals surface area contributed by atoms with Gasteiger partial charge in [0.05, 0.1) is 18.0 Å². The highest BCUT2D eigenvalue weighted by Crippen LogP contribution is 2.42. The SMILES string of the molecule is COc1ccccc1Oc1c(NS(=O)(=O)c2ccc(C(C)(C)C)cc2)nc(-c2ncccn2)[n+](Cl)c1OC(C(=O)[O-])c1ccccc1. The molecule has 0 aliphatic heterocycles. The first-order chi connectivity index (χ1) is 22.4. The van der Waals surface area contributed by atoms with Crippen LogP contribution in [0.5, 0.6) is 23.1 Å². The number of nitrogens with one attached hydrogen (secondary N) is 1. The van der Waals surface area contributed by atoms with E-state index >= 15 is 0 Å². The summed E-state index contributed by atoms with van der Waals surface area (Å²) in [7, 11) is -2.91. The second-order valence-electron chi connectivity index (χ2n) is 11.1. The molecule has 47 heavy (non-hydrogen) atoms. The van der Waals surface area contributed by atoms with Gasteiger partial charge in [-0.05, 0) is 51.9 Å². The van der Waals surface area contributed by atoms with E-state index in [0.717, 1.165) is 9.65 Å². The minimum absolute atomic E-state index is 0.0316. The van der Waals surface area contributed by atoms with Gasteiger partial charge in [0.15, 0.2) is 17.6 Å². The van der Waals surface area contributed by atoms with Gasteiger partial charge in [0.25, 0.3) is 15.8 Å². The summed E-state index contributed by atoms with van der Waals surface area (Å²) >= 11 is 6.79. The van der Waals surface area contributed by atoms with Crippen LogP contribution in [0.2, 0.25) is 0 Å². The van der Waals surface area contributed by atoms with Crippen molar-refractivity contribution in [1.29, 1.82) is 0 Å². The predicted molar refractivity (Wildman–Crippen MR) is 171 cm³/mol. The number of rotatable bonds is 11. The Bertz CT molecular complexity index is 1990. The Morgan fingerprint density at radius 3 is 2.13 bits per heavy atom. The van der Waals surface area contributed by atoms with Crippen molar-refractivity contribution in [2.24, 2.45) is 0 Å². The number of para-hydroxylation sites is 2. The normalized spacial score (nSPS) is 12.2. The molecule has 0 amide bonds. The Kier molecular flexibility index (Phi) is 9.59. The fourth-order valence-electron chi connectivity index (χ4n) is 4.43. The van der Waals surface area contributed by atoms with Crippen molar-refractivity contribution < 1.29 is 36.6 Å². The Hall–Kier alpha value is -5.27. The van der Waals surface area contributed by atoms with Crippen LogP contribution in [0, 0.1) is 0 Å². The molecule has 0 radical (unpaired) electrons. The van der Waals surface area contributed by atoms with Crippen LogP contribution in [-0.2, 0) is 20.2 Å². The van der Waals surface area contributed by atoms with E-state index in [1.165, 1.54) is 43.8 Å². The molecule has 0 aliphatic rings. The topological polar surface area (TPSA) is 157 Å². The van der Waals surface area contributed by atoms with Crippen LogP contribution in [0.4, 0.5) is 5.82 Å². The molecule has 5 rings (SSSR count). The molecule has 0 aliphatic carbocycles. The highest BCUT2D eigenvalue weighted by Gasteiger charge is 2.37. The van der Waals surface area contributed by atoms with Gasteiger partial charge in [-0.2, -0.15) is 0 Å². The molecule has 3 aromatic carbocycles. The minimum atomic E-state index is -4.33. The highest BCUT2D eigenvalue weighted by atomic mass is 35.5. The molecule has 12 nitrogen and oxygen atoms in total. The maximum Gasteiger partial charge on any atom is 0.391 e. The number of carbonyl (C=O) groups is 1. The minimum Gasteiger partial charge on any atom is -0.546 e. The number of ether oxygens (including phenoxy) is 3. The van der Waals surface area contributed by atoms with Gasteiger partial charge >= 0.3 is 17.5 Å². The van der Waals surface area contributed by atoms with Crippen molar-refractivity contribution in [3.8, 4) is 34.8 Å². The number of carbonyl (C=O) groups excluding carboxylic acids is 1. The van der Waals surface area contributed by atoms with E-state index in [9.17, 15) is 18.3 Å². The Morgan fingerprint density at radius 1 is 0.915 bits per heavy atom. The van der Waals surface area contributed by atoms with E-state index < -0.39 is 33.8 Å². The molecule has 0 spiro atoms. The summed E-state index contributed by atoms with van der Waals surface area (Å²) in [6, 6.07) is 22.4. The number of aromatic nitrogens is 4. The molecule has 1 atom stereocenters. The predicted octanol–water partition coefficient (Wildman–Crippen LogP) is 4.60. The van der Waals surface area contributed by atoms with Crippen LogP contribution >= 0.6 is 11.8 Å². The van der Waals surface area contributed by atoms with Crippen LogP contribution < -0.4 is 28.1 Å². The molecule has 2 heterocycles. The lowest BCUT2D eigenvalue weighted by Gasteiger charge is -2.21. The molecule has 0 fully saturated rings. The van der Waals surface area contributed by atoms with Crippen molar-refractivity contribution >= 4 is 33.6 Å². The quantitative estimate of drug-likeness (QED) is 0.210. The number of halogens is 1. The van der Waals surface area contributed by atoms with Crippen LogP contribution in [0.15, 0.2) is 102 Å². The van der Waals surface area contributed by atoms with Crippen LogP contribution in [0.1, 0.15) is 38.0 Å². The van der Waals surface area contributed by atoms with Crippen molar-refractivity contribution in [3.05, 3.63) is 108 Å². The summed E-state index contributed by atoms with van der Waals surface area (Å²) in [5.41, 5.74) is 0.917. The number of hydrogen-bond donors (Lipinski definition) is 1. The maximum atomic E-state index is 13.8. The van der Waals surface area contributed by atoms with E-state index in [1.807, 2.05) is 20.8 Å². The molecular weight excluding hydrogens is 646 g/mol. The number of anilines is 1. The van der Waals surface area contributed by atoms with Crippen molar-refractivity contribution in [2.75, 3.05) is 11.8 Å². The second kappa shape index (κ2) is 13.6. The first kappa shape index (κ1) is 33.1. The summed E-state index contributed by atoms with van der Waals surface area (Å²) < 4.78 is 48.6. The van der Waals surface area contributed by atoms with Crippen LogP contribution in [-0.4, -0.2) is 36.4 Å². The largest absolute Gasteiger partial charge is 0.546 e. The summed E-state index contributed by atoms with van der Waals surface area (Å²) in [5.74, 6) is -2.70. The van der Waals surface area contributed by atoms with Crippen molar-refractivity contribution in [1.82, 2.24) is 15.0 Å². The second-order valence-corrected chi connectivity index (χ2v) is 13.2. The summed E-state index contributed by atoms with van der Waals surface area (Å²) in [5, 5.41) is 12.4. The number of hydrogen-bond acceptors (Lipinski definition) is 10. The Balaban J connectivity index is 1.74. The van der Waals surface area contributed by atoms with Gasteiger partial charge in [-0.3, -0.25) is 0 Å². The van der Waals surface area contributed by atoms with Crippen LogP contribution in [0.3, 0.4) is 0 Å². The Labute approximate surface area is 276 Å². The summed E-state index contributed by atoms with van der Waals surface area (Å²) in [4.78, 5) is 25.2. The zero-order valence-electron chi connectivity index (χ0n) is 25.7. The molecule has 1 N–H and O–H groups in total. The Morgan fingerprint density at radius 2 is 1.53 bits per heavy atom. The lowest BCUT2D eigenvalue weighted by molar-refractivity contribution is -0.523. The van der Waals surface area contributed by atoms with Gasteiger partial charge in [-0.1, -0.05) is 79.5 Å². The molecule has 1 unspecified atom stereocenters. The van der Waals surface area contributed by atoms with Crippen molar-refractivity contribution in [2.45, 2.75) is 37.2 Å². The fraction of sp³-hybridized carbons (Fsp3) is 0.182. The fourth-order valence-corrected chi connectivity index (χ4v) is 5.66. The zero-order valence-corrected chi connectivity index (χ0v) is 27.3. The smallest absolute Gasteiger partial charge is 0.391 e.